The van der Waals surface area contributed by atoms with Crippen molar-refractivity contribution in [1.82, 2.24) is 19.4 Å². The quantitative estimate of drug-likeness (QED) is 0.775. The molecule has 0 aromatic rings. The Morgan fingerprint density at radius 3 is 2.30 bits per heavy atom. The number of nitrogens with one attached hydrogen (secondary N) is 1. The summed E-state index contributed by atoms with van der Waals surface area (Å²) >= 11 is 0. The second-order valence-electron chi connectivity index (χ2n) is 7.09. The van der Waals surface area contributed by atoms with Crippen LogP contribution in [0.15, 0.2) is 0 Å². The van der Waals surface area contributed by atoms with Gasteiger partial charge >= 0.3 is 6.03 Å². The molecule has 2 saturated heterocycles. The fraction of sp³-hybridized carbons (Fsp3) is 0.933. The highest BCUT2D eigenvalue weighted by molar-refractivity contribution is 7.88. The van der Waals surface area contributed by atoms with E-state index < -0.39 is 10.0 Å². The third kappa shape index (κ3) is 5.61. The fourth-order valence-corrected chi connectivity index (χ4v) is 4.33. The van der Waals surface area contributed by atoms with Crippen molar-refractivity contribution in [3.63, 3.8) is 0 Å². The van der Waals surface area contributed by atoms with E-state index in [0.29, 0.717) is 31.5 Å². The average Bonchev–Trinajstić information content (AvgIpc) is 2.89. The van der Waals surface area contributed by atoms with Crippen LogP contribution in [0.4, 0.5) is 4.79 Å². The molecule has 7 nitrogen and oxygen atoms in total. The summed E-state index contributed by atoms with van der Waals surface area (Å²) in [5, 5.41) is 3.00. The summed E-state index contributed by atoms with van der Waals surface area (Å²) in [4.78, 5) is 16.2. The van der Waals surface area contributed by atoms with Gasteiger partial charge in [0.15, 0.2) is 0 Å². The van der Waals surface area contributed by atoms with Gasteiger partial charge in [-0.1, -0.05) is 0 Å². The third-order valence-corrected chi connectivity index (χ3v) is 6.26. The van der Waals surface area contributed by atoms with Gasteiger partial charge in [0.2, 0.25) is 10.0 Å². The summed E-state index contributed by atoms with van der Waals surface area (Å²) in [6.07, 6.45) is 4.03. The number of urea groups is 1. The van der Waals surface area contributed by atoms with E-state index in [1.54, 1.807) is 4.90 Å². The molecule has 0 aromatic heterocycles. The number of carbonyl (C=O) groups is 1. The van der Waals surface area contributed by atoms with Crippen LogP contribution < -0.4 is 5.32 Å². The highest BCUT2D eigenvalue weighted by atomic mass is 32.2. The van der Waals surface area contributed by atoms with E-state index in [9.17, 15) is 13.2 Å². The van der Waals surface area contributed by atoms with E-state index in [-0.39, 0.29) is 6.03 Å². The van der Waals surface area contributed by atoms with Crippen LogP contribution in [0.3, 0.4) is 0 Å². The van der Waals surface area contributed by atoms with Gasteiger partial charge in [0, 0.05) is 39.8 Å². The van der Waals surface area contributed by atoms with Gasteiger partial charge in [0.25, 0.3) is 0 Å². The minimum atomic E-state index is -3.08. The zero-order valence-electron chi connectivity index (χ0n) is 14.5. The first-order chi connectivity index (χ1) is 10.8. The molecule has 1 unspecified atom stereocenters. The molecule has 2 aliphatic rings. The maximum absolute atomic E-state index is 12.2. The Morgan fingerprint density at radius 2 is 1.78 bits per heavy atom. The molecule has 2 aliphatic heterocycles. The van der Waals surface area contributed by atoms with Crippen molar-refractivity contribution in [1.29, 1.82) is 0 Å². The Kier molecular flexibility index (Phi) is 6.27. The molecular formula is C15H30N4O3S. The number of hydrogen-bond donors (Lipinski definition) is 1. The van der Waals surface area contributed by atoms with Crippen molar-refractivity contribution in [2.24, 2.45) is 11.8 Å². The van der Waals surface area contributed by atoms with Crippen LogP contribution in [0.1, 0.15) is 19.3 Å². The zero-order chi connectivity index (χ0) is 17.0. The van der Waals surface area contributed by atoms with Gasteiger partial charge in [0.05, 0.1) is 6.26 Å². The molecule has 2 rings (SSSR count). The lowest BCUT2D eigenvalue weighted by Gasteiger charge is -2.30. The number of hydrogen-bond acceptors (Lipinski definition) is 4. The summed E-state index contributed by atoms with van der Waals surface area (Å²) in [5.41, 5.74) is 0. The first-order valence-electron chi connectivity index (χ1n) is 8.38. The van der Waals surface area contributed by atoms with Crippen LogP contribution in [-0.4, -0.2) is 88.2 Å². The summed E-state index contributed by atoms with van der Waals surface area (Å²) in [6.45, 7) is 4.71. The molecule has 23 heavy (non-hydrogen) atoms. The molecule has 1 atom stereocenters. The molecule has 0 bridgehead atoms. The minimum absolute atomic E-state index is 0.0231. The van der Waals surface area contributed by atoms with E-state index in [1.807, 2.05) is 7.05 Å². The van der Waals surface area contributed by atoms with Crippen LogP contribution in [0.25, 0.3) is 0 Å². The summed E-state index contributed by atoms with van der Waals surface area (Å²) in [7, 11) is 0.883. The van der Waals surface area contributed by atoms with Crippen LogP contribution in [0.2, 0.25) is 0 Å². The fourth-order valence-electron chi connectivity index (χ4n) is 3.46. The molecule has 8 heteroatoms. The van der Waals surface area contributed by atoms with Crippen molar-refractivity contribution < 1.29 is 13.2 Å². The number of amides is 2. The van der Waals surface area contributed by atoms with E-state index in [2.05, 4.69) is 17.3 Å². The number of carbonyl (C=O) groups excluding carboxylic acids is 1. The summed E-state index contributed by atoms with van der Waals surface area (Å²) in [5.74, 6) is 0.928. The highest BCUT2D eigenvalue weighted by Crippen LogP contribution is 2.19. The Bertz CT molecular complexity index is 503. The second-order valence-corrected chi connectivity index (χ2v) is 9.07. The van der Waals surface area contributed by atoms with Gasteiger partial charge in [-0.2, -0.15) is 0 Å². The van der Waals surface area contributed by atoms with Crippen LogP contribution in [-0.2, 0) is 10.0 Å². The summed E-state index contributed by atoms with van der Waals surface area (Å²) in [6, 6.07) is -0.0231. The molecule has 2 fully saturated rings. The Balaban J connectivity index is 1.66. The van der Waals surface area contributed by atoms with Crippen molar-refractivity contribution in [3.05, 3.63) is 0 Å². The molecule has 0 aromatic carbocycles. The number of rotatable bonds is 5. The Labute approximate surface area is 140 Å². The standard InChI is InChI=1S/C15H30N4O3S/c1-17-7-4-14(11-17)12-18(2)15(20)16-10-13-5-8-19(9-6-13)23(3,21)22/h13-14H,4-12H2,1-3H3,(H,16,20). The van der Waals surface area contributed by atoms with E-state index in [0.717, 1.165) is 38.9 Å². The predicted octanol–water partition coefficient (Wildman–Crippen LogP) is 0.251. The lowest BCUT2D eigenvalue weighted by atomic mass is 9.98. The van der Waals surface area contributed by atoms with Gasteiger partial charge in [0.1, 0.15) is 0 Å². The van der Waals surface area contributed by atoms with Crippen molar-refractivity contribution in [2.75, 3.05) is 59.6 Å². The van der Waals surface area contributed by atoms with E-state index >= 15 is 0 Å². The van der Waals surface area contributed by atoms with Gasteiger partial charge in [-0.15, -0.1) is 0 Å². The third-order valence-electron chi connectivity index (χ3n) is 4.95. The largest absolute Gasteiger partial charge is 0.338 e. The predicted molar refractivity (Wildman–Crippen MR) is 90.8 cm³/mol. The first-order valence-corrected chi connectivity index (χ1v) is 10.2. The lowest BCUT2D eigenvalue weighted by Crippen LogP contribution is -2.44. The molecule has 0 radical (unpaired) electrons. The van der Waals surface area contributed by atoms with Crippen molar-refractivity contribution >= 4 is 16.1 Å². The molecule has 134 valence electrons. The smallest absolute Gasteiger partial charge is 0.317 e. The van der Waals surface area contributed by atoms with E-state index in [4.69, 9.17) is 0 Å². The molecular weight excluding hydrogens is 316 g/mol. The molecule has 0 aliphatic carbocycles. The average molecular weight is 346 g/mol. The number of piperidine rings is 1. The molecule has 1 N–H and O–H groups in total. The Morgan fingerprint density at radius 1 is 1.17 bits per heavy atom. The maximum atomic E-state index is 12.2. The number of likely N-dealkylation sites (tertiary alicyclic amines) is 1. The van der Waals surface area contributed by atoms with Gasteiger partial charge in [-0.3, -0.25) is 0 Å². The van der Waals surface area contributed by atoms with Gasteiger partial charge in [-0.25, -0.2) is 17.5 Å². The second kappa shape index (κ2) is 7.81. The van der Waals surface area contributed by atoms with Gasteiger partial charge < -0.3 is 15.1 Å². The SMILES string of the molecule is CN1CCC(CN(C)C(=O)NCC2CCN(S(C)(=O)=O)CC2)C1. The number of sulfonamides is 1. The monoisotopic (exact) mass is 346 g/mol. The summed E-state index contributed by atoms with van der Waals surface area (Å²) < 4.78 is 24.5. The highest BCUT2D eigenvalue weighted by Gasteiger charge is 2.26. The zero-order valence-corrected chi connectivity index (χ0v) is 15.3. The van der Waals surface area contributed by atoms with E-state index in [1.165, 1.54) is 10.6 Å². The van der Waals surface area contributed by atoms with Crippen LogP contribution in [0.5, 0.6) is 0 Å². The number of nitrogens with zero attached hydrogens (tertiary/aromatic N) is 3. The topological polar surface area (TPSA) is 73.0 Å². The van der Waals surface area contributed by atoms with Crippen LogP contribution >= 0.6 is 0 Å². The van der Waals surface area contributed by atoms with Crippen molar-refractivity contribution in [2.45, 2.75) is 19.3 Å². The maximum Gasteiger partial charge on any atom is 0.317 e. The molecule has 0 spiro atoms. The van der Waals surface area contributed by atoms with Gasteiger partial charge in [-0.05, 0) is 44.7 Å². The molecule has 2 heterocycles. The minimum Gasteiger partial charge on any atom is -0.338 e. The lowest BCUT2D eigenvalue weighted by molar-refractivity contribution is 0.194. The first kappa shape index (κ1) is 18.5. The normalized spacial score (nSPS) is 24.7. The molecule has 0 saturated carbocycles. The van der Waals surface area contributed by atoms with Crippen LogP contribution in [0, 0.1) is 11.8 Å². The van der Waals surface area contributed by atoms with Crippen molar-refractivity contribution in [3.8, 4) is 0 Å². The Hall–Kier alpha value is -0.860. The molecule has 2 amide bonds.